The maximum Gasteiger partial charge on any atom is 0.0540 e. The van der Waals surface area contributed by atoms with Crippen molar-refractivity contribution in [2.75, 3.05) is 6.61 Å². The van der Waals surface area contributed by atoms with E-state index in [1.165, 1.54) is 77.0 Å². The minimum absolute atomic E-state index is 0.0572. The van der Waals surface area contributed by atoms with Crippen molar-refractivity contribution in [3.63, 3.8) is 0 Å². The van der Waals surface area contributed by atoms with Crippen LogP contribution in [0.4, 0.5) is 0 Å². The van der Waals surface area contributed by atoms with Gasteiger partial charge in [0.05, 0.1) is 6.10 Å². The molecule has 2 N–H and O–H groups in total. The summed E-state index contributed by atoms with van der Waals surface area (Å²) in [6.45, 7) is 0.361. The number of aliphatic hydroxyl groups excluding tert-OH is 2. The zero-order valence-electron chi connectivity index (χ0n) is 13.9. The zero-order valence-corrected chi connectivity index (χ0v) is 13.9. The van der Waals surface area contributed by atoms with E-state index in [0.29, 0.717) is 12.0 Å². The maximum atomic E-state index is 9.99. The van der Waals surface area contributed by atoms with E-state index in [-0.39, 0.29) is 6.10 Å². The fourth-order valence-electron chi connectivity index (χ4n) is 3.64. The Labute approximate surface area is 131 Å². The Kier molecular flexibility index (Phi) is 7.53. The molecular weight excluding hydrogens is 260 g/mol. The van der Waals surface area contributed by atoms with Crippen LogP contribution in [0.3, 0.4) is 0 Å². The van der Waals surface area contributed by atoms with Crippen LogP contribution in [0.5, 0.6) is 0 Å². The number of hydrogen-bond donors (Lipinski definition) is 2. The van der Waals surface area contributed by atoms with E-state index in [0.717, 1.165) is 25.2 Å². The van der Waals surface area contributed by atoms with Gasteiger partial charge in [0.2, 0.25) is 0 Å². The van der Waals surface area contributed by atoms with Crippen molar-refractivity contribution in [1.82, 2.24) is 0 Å². The molecule has 0 radical (unpaired) electrons. The van der Waals surface area contributed by atoms with Crippen LogP contribution in [0.25, 0.3) is 0 Å². The molecule has 0 aliphatic heterocycles. The molecule has 21 heavy (non-hydrogen) atoms. The van der Waals surface area contributed by atoms with Gasteiger partial charge < -0.3 is 10.2 Å². The highest BCUT2D eigenvalue weighted by molar-refractivity contribution is 4.92. The molecule has 0 aromatic heterocycles. The first-order valence-corrected chi connectivity index (χ1v) is 9.53. The minimum Gasteiger partial charge on any atom is -0.396 e. The third kappa shape index (κ3) is 7.65. The summed E-state index contributed by atoms with van der Waals surface area (Å²) >= 11 is 0. The first-order valence-electron chi connectivity index (χ1n) is 9.53. The van der Waals surface area contributed by atoms with E-state index < -0.39 is 0 Å². The molecule has 0 bridgehead atoms. The predicted octanol–water partition coefficient (Wildman–Crippen LogP) is 4.82. The monoisotopic (exact) mass is 296 g/mol. The lowest BCUT2D eigenvalue weighted by Crippen LogP contribution is -2.06. The summed E-state index contributed by atoms with van der Waals surface area (Å²) in [7, 11) is 0. The number of rotatable bonds is 14. The largest absolute Gasteiger partial charge is 0.396 e. The van der Waals surface area contributed by atoms with Gasteiger partial charge in [0.1, 0.15) is 0 Å². The Hall–Kier alpha value is -0.0800. The smallest absolute Gasteiger partial charge is 0.0540 e. The van der Waals surface area contributed by atoms with E-state index in [9.17, 15) is 5.11 Å². The lowest BCUT2D eigenvalue weighted by molar-refractivity contribution is 0.146. The Morgan fingerprint density at radius 3 is 2.10 bits per heavy atom. The second-order valence-electron chi connectivity index (χ2n) is 7.81. The van der Waals surface area contributed by atoms with Crippen LogP contribution in [0.1, 0.15) is 96.3 Å². The van der Waals surface area contributed by atoms with Crippen molar-refractivity contribution in [1.29, 1.82) is 0 Å². The standard InChI is InChI=1S/C19H36O2/c20-16-15-19(13-14-19)12-6-2-5-9-18(21)8-4-1-3-7-17-10-11-17/h17-18,20-21H,1-16H2. The fraction of sp³-hybridized carbons (Fsp3) is 1.00. The lowest BCUT2D eigenvalue weighted by atomic mass is 9.94. The number of aliphatic hydroxyl groups is 2. The molecule has 2 aliphatic rings. The predicted molar refractivity (Wildman–Crippen MR) is 88.3 cm³/mol. The minimum atomic E-state index is -0.0572. The van der Waals surface area contributed by atoms with Gasteiger partial charge >= 0.3 is 0 Å². The first kappa shape index (κ1) is 17.3. The quantitative estimate of drug-likeness (QED) is 0.451. The van der Waals surface area contributed by atoms with Crippen molar-refractivity contribution in [3.8, 4) is 0 Å². The molecule has 0 heterocycles. The summed E-state index contributed by atoms with van der Waals surface area (Å²) in [5.74, 6) is 1.07. The molecule has 2 aliphatic carbocycles. The summed E-state index contributed by atoms with van der Waals surface area (Å²) < 4.78 is 0. The topological polar surface area (TPSA) is 40.5 Å². The van der Waals surface area contributed by atoms with E-state index in [2.05, 4.69) is 0 Å². The van der Waals surface area contributed by atoms with Crippen molar-refractivity contribution in [2.24, 2.45) is 11.3 Å². The Morgan fingerprint density at radius 2 is 1.52 bits per heavy atom. The van der Waals surface area contributed by atoms with E-state index in [1.807, 2.05) is 0 Å². The van der Waals surface area contributed by atoms with Crippen LogP contribution in [-0.2, 0) is 0 Å². The number of hydrogen-bond acceptors (Lipinski definition) is 2. The zero-order chi connectivity index (χ0) is 15.0. The van der Waals surface area contributed by atoms with Crippen molar-refractivity contribution in [2.45, 2.75) is 102 Å². The summed E-state index contributed by atoms with van der Waals surface area (Å²) in [5.41, 5.74) is 0.523. The van der Waals surface area contributed by atoms with Gasteiger partial charge in [-0.1, -0.05) is 57.8 Å². The average molecular weight is 296 g/mol. The molecule has 2 fully saturated rings. The molecule has 2 saturated carbocycles. The molecular formula is C19H36O2. The highest BCUT2D eigenvalue weighted by Gasteiger charge is 2.40. The summed E-state index contributed by atoms with van der Waals surface area (Å²) in [6, 6.07) is 0. The van der Waals surface area contributed by atoms with Crippen LogP contribution in [0.15, 0.2) is 0 Å². The van der Waals surface area contributed by atoms with Crippen molar-refractivity contribution < 1.29 is 10.2 Å². The van der Waals surface area contributed by atoms with Gasteiger partial charge in [0.25, 0.3) is 0 Å². The van der Waals surface area contributed by atoms with Crippen LogP contribution in [-0.4, -0.2) is 22.9 Å². The molecule has 0 amide bonds. The summed E-state index contributed by atoms with van der Waals surface area (Å²) in [5, 5.41) is 19.0. The van der Waals surface area contributed by atoms with Gasteiger partial charge in [-0.3, -0.25) is 0 Å². The molecule has 1 unspecified atom stereocenters. The maximum absolute atomic E-state index is 9.99. The van der Waals surface area contributed by atoms with Crippen molar-refractivity contribution >= 4 is 0 Å². The first-order chi connectivity index (χ1) is 10.2. The molecule has 2 nitrogen and oxygen atoms in total. The third-order valence-electron chi connectivity index (χ3n) is 5.69. The normalized spacial score (nSPS) is 21.4. The Balaban J connectivity index is 1.34. The second kappa shape index (κ2) is 9.15. The Bertz CT molecular complexity index is 269. The van der Waals surface area contributed by atoms with Crippen LogP contribution in [0, 0.1) is 11.3 Å². The van der Waals surface area contributed by atoms with Gasteiger partial charge in [-0.05, 0) is 49.9 Å². The molecule has 2 heteroatoms. The van der Waals surface area contributed by atoms with Crippen molar-refractivity contribution in [3.05, 3.63) is 0 Å². The molecule has 2 rings (SSSR count). The van der Waals surface area contributed by atoms with E-state index in [4.69, 9.17) is 5.11 Å². The van der Waals surface area contributed by atoms with Gasteiger partial charge in [-0.25, -0.2) is 0 Å². The summed E-state index contributed by atoms with van der Waals surface area (Å²) in [4.78, 5) is 0. The van der Waals surface area contributed by atoms with Gasteiger partial charge in [-0.2, -0.15) is 0 Å². The van der Waals surface area contributed by atoms with E-state index >= 15 is 0 Å². The number of unbranched alkanes of at least 4 members (excludes halogenated alkanes) is 4. The highest BCUT2D eigenvalue weighted by Crippen LogP contribution is 2.52. The second-order valence-corrected chi connectivity index (χ2v) is 7.81. The van der Waals surface area contributed by atoms with E-state index in [1.54, 1.807) is 0 Å². The molecule has 0 aromatic rings. The SMILES string of the molecule is OCCC1(CCCCCC(O)CCCCCC2CC2)CC1. The molecule has 1 atom stereocenters. The highest BCUT2D eigenvalue weighted by atomic mass is 16.3. The van der Waals surface area contributed by atoms with Gasteiger partial charge in [-0.15, -0.1) is 0 Å². The summed E-state index contributed by atoms with van der Waals surface area (Å²) in [6.07, 6.45) is 18.9. The Morgan fingerprint density at radius 1 is 0.857 bits per heavy atom. The lowest BCUT2D eigenvalue weighted by Gasteiger charge is -2.14. The molecule has 0 saturated heterocycles. The average Bonchev–Trinajstić information content (AvgIpc) is 3.35. The molecule has 0 aromatic carbocycles. The van der Waals surface area contributed by atoms with Gasteiger partial charge in [0.15, 0.2) is 0 Å². The van der Waals surface area contributed by atoms with Gasteiger partial charge in [0, 0.05) is 6.61 Å². The molecule has 124 valence electrons. The van der Waals surface area contributed by atoms with Crippen LogP contribution >= 0.6 is 0 Å². The van der Waals surface area contributed by atoms with Crippen LogP contribution < -0.4 is 0 Å². The molecule has 0 spiro atoms. The third-order valence-corrected chi connectivity index (χ3v) is 5.69. The van der Waals surface area contributed by atoms with Crippen LogP contribution in [0.2, 0.25) is 0 Å². The fourth-order valence-corrected chi connectivity index (χ4v) is 3.64.